The number of thioether (sulfide) groups is 1. The first kappa shape index (κ1) is 17.4. The molecule has 0 saturated heterocycles. The number of hydrogen-bond donors (Lipinski definition) is 1. The zero-order chi connectivity index (χ0) is 16.7. The highest BCUT2D eigenvalue weighted by atomic mass is 35.5. The van der Waals surface area contributed by atoms with E-state index in [0.29, 0.717) is 5.02 Å². The van der Waals surface area contributed by atoms with Crippen LogP contribution in [0.2, 0.25) is 5.02 Å². The lowest BCUT2D eigenvalue weighted by Gasteiger charge is -2.09. The quantitative estimate of drug-likeness (QED) is 0.488. The maximum atomic E-state index is 12.0. The third kappa shape index (κ3) is 5.62. The van der Waals surface area contributed by atoms with Crippen LogP contribution < -0.4 is 10.2 Å². The van der Waals surface area contributed by atoms with E-state index in [1.54, 1.807) is 25.5 Å². The Kier molecular flexibility index (Phi) is 6.50. The number of amides is 1. The van der Waals surface area contributed by atoms with Crippen molar-refractivity contribution < 1.29 is 9.53 Å². The summed E-state index contributed by atoms with van der Waals surface area (Å²) in [6.07, 6.45) is 1.59. The van der Waals surface area contributed by atoms with Gasteiger partial charge in [-0.2, -0.15) is 5.10 Å². The number of benzene rings is 2. The van der Waals surface area contributed by atoms with Gasteiger partial charge >= 0.3 is 0 Å². The van der Waals surface area contributed by atoms with E-state index < -0.39 is 0 Å². The van der Waals surface area contributed by atoms with Crippen molar-refractivity contribution in [1.82, 2.24) is 5.43 Å². The van der Waals surface area contributed by atoms with E-state index in [1.807, 2.05) is 43.3 Å². The van der Waals surface area contributed by atoms with Gasteiger partial charge in [-0.25, -0.2) is 5.43 Å². The van der Waals surface area contributed by atoms with Crippen molar-refractivity contribution in [3.05, 3.63) is 59.1 Å². The highest BCUT2D eigenvalue weighted by Gasteiger charge is 2.13. The maximum Gasteiger partial charge on any atom is 0.253 e. The number of carbonyl (C=O) groups excluding carboxylic acids is 1. The molecular formula is C17H17ClN2O2S. The summed E-state index contributed by atoms with van der Waals surface area (Å²) in [6.45, 7) is 1.83. The van der Waals surface area contributed by atoms with Crippen LogP contribution in [0.15, 0.2) is 58.5 Å². The summed E-state index contributed by atoms with van der Waals surface area (Å²) in [7, 11) is 1.61. The van der Waals surface area contributed by atoms with Gasteiger partial charge in [-0.05, 0) is 61.0 Å². The Balaban J connectivity index is 1.85. The number of ether oxygens (including phenoxy) is 1. The van der Waals surface area contributed by atoms with Crippen LogP contribution in [0, 0.1) is 0 Å². The molecule has 0 aromatic heterocycles. The Morgan fingerprint density at radius 1 is 1.22 bits per heavy atom. The van der Waals surface area contributed by atoms with Gasteiger partial charge in [0.05, 0.1) is 18.6 Å². The maximum absolute atomic E-state index is 12.0. The number of rotatable bonds is 6. The molecule has 0 saturated carbocycles. The lowest BCUT2D eigenvalue weighted by molar-refractivity contribution is -0.120. The van der Waals surface area contributed by atoms with Gasteiger partial charge in [-0.15, -0.1) is 11.8 Å². The summed E-state index contributed by atoms with van der Waals surface area (Å²) in [4.78, 5) is 13.0. The Hall–Kier alpha value is -1.98. The van der Waals surface area contributed by atoms with E-state index in [2.05, 4.69) is 10.5 Å². The smallest absolute Gasteiger partial charge is 0.253 e. The highest BCUT2D eigenvalue weighted by molar-refractivity contribution is 8.00. The van der Waals surface area contributed by atoms with Crippen LogP contribution in [-0.2, 0) is 4.79 Å². The van der Waals surface area contributed by atoms with E-state index in [0.717, 1.165) is 16.2 Å². The molecule has 1 N–H and O–H groups in total. The van der Waals surface area contributed by atoms with E-state index in [9.17, 15) is 4.79 Å². The largest absolute Gasteiger partial charge is 0.497 e. The summed E-state index contributed by atoms with van der Waals surface area (Å²) in [5.74, 6) is 0.619. The summed E-state index contributed by atoms with van der Waals surface area (Å²) in [5, 5.41) is 4.39. The Morgan fingerprint density at radius 3 is 2.48 bits per heavy atom. The van der Waals surface area contributed by atoms with Crippen LogP contribution in [-0.4, -0.2) is 24.5 Å². The predicted molar refractivity (Wildman–Crippen MR) is 95.5 cm³/mol. The van der Waals surface area contributed by atoms with Crippen molar-refractivity contribution in [1.29, 1.82) is 0 Å². The molecule has 1 atom stereocenters. The molecule has 0 aliphatic carbocycles. The molecule has 0 aliphatic rings. The first-order valence-corrected chi connectivity index (χ1v) is 8.23. The fourth-order valence-electron chi connectivity index (χ4n) is 1.72. The molecule has 23 heavy (non-hydrogen) atoms. The fourth-order valence-corrected chi connectivity index (χ4v) is 2.71. The minimum absolute atomic E-state index is 0.158. The minimum atomic E-state index is -0.260. The molecule has 2 aromatic rings. The Morgan fingerprint density at radius 2 is 1.87 bits per heavy atom. The number of carbonyl (C=O) groups is 1. The van der Waals surface area contributed by atoms with Crippen LogP contribution in [0.25, 0.3) is 0 Å². The van der Waals surface area contributed by atoms with Gasteiger partial charge in [-0.1, -0.05) is 11.6 Å². The van der Waals surface area contributed by atoms with Crippen LogP contribution in [0.3, 0.4) is 0 Å². The molecule has 0 spiro atoms. The second-order valence-corrected chi connectivity index (χ2v) is 6.57. The van der Waals surface area contributed by atoms with Gasteiger partial charge in [0.1, 0.15) is 5.75 Å². The summed E-state index contributed by atoms with van der Waals surface area (Å²) in [6, 6.07) is 14.8. The Bertz CT molecular complexity index is 672. The highest BCUT2D eigenvalue weighted by Crippen LogP contribution is 2.24. The molecule has 2 rings (SSSR count). The average molecular weight is 349 g/mol. The molecule has 1 amide bonds. The second kappa shape index (κ2) is 8.60. The van der Waals surface area contributed by atoms with Gasteiger partial charge < -0.3 is 4.74 Å². The van der Waals surface area contributed by atoms with Gasteiger partial charge in [0.15, 0.2) is 0 Å². The lowest BCUT2D eigenvalue weighted by Crippen LogP contribution is -2.26. The fraction of sp³-hybridized carbons (Fsp3) is 0.176. The molecular weight excluding hydrogens is 332 g/mol. The van der Waals surface area contributed by atoms with Crippen molar-refractivity contribution in [2.24, 2.45) is 5.10 Å². The molecule has 2 aromatic carbocycles. The van der Waals surface area contributed by atoms with Crippen molar-refractivity contribution in [2.75, 3.05) is 7.11 Å². The van der Waals surface area contributed by atoms with Crippen molar-refractivity contribution in [3.63, 3.8) is 0 Å². The first-order valence-electron chi connectivity index (χ1n) is 6.97. The van der Waals surface area contributed by atoms with Crippen LogP contribution >= 0.6 is 23.4 Å². The molecule has 6 heteroatoms. The predicted octanol–water partition coefficient (Wildman–Crippen LogP) is 3.98. The summed E-state index contributed by atoms with van der Waals surface area (Å²) < 4.78 is 5.08. The normalized spacial score (nSPS) is 12.1. The van der Waals surface area contributed by atoms with E-state index in [1.165, 1.54) is 11.8 Å². The minimum Gasteiger partial charge on any atom is -0.497 e. The monoisotopic (exact) mass is 348 g/mol. The van der Waals surface area contributed by atoms with Crippen molar-refractivity contribution in [3.8, 4) is 5.75 Å². The van der Waals surface area contributed by atoms with E-state index in [-0.39, 0.29) is 11.2 Å². The topological polar surface area (TPSA) is 50.7 Å². The number of nitrogens with one attached hydrogen (secondary N) is 1. The lowest BCUT2D eigenvalue weighted by atomic mass is 10.2. The van der Waals surface area contributed by atoms with Crippen LogP contribution in [0.5, 0.6) is 5.75 Å². The Labute approximate surface area is 144 Å². The third-order valence-corrected chi connectivity index (χ3v) is 4.36. The third-order valence-electron chi connectivity index (χ3n) is 3.00. The SMILES string of the molecule is COc1ccc(/C=N\NC(=O)[C@H](C)Sc2ccc(Cl)cc2)cc1. The van der Waals surface area contributed by atoms with Crippen LogP contribution in [0.4, 0.5) is 0 Å². The number of halogens is 1. The second-order valence-electron chi connectivity index (χ2n) is 4.72. The number of methoxy groups -OCH3 is 1. The number of nitrogens with zero attached hydrogens (tertiary/aromatic N) is 1. The van der Waals surface area contributed by atoms with Crippen molar-refractivity contribution >= 4 is 35.5 Å². The zero-order valence-corrected chi connectivity index (χ0v) is 14.4. The first-order chi connectivity index (χ1) is 11.1. The van der Waals surface area contributed by atoms with Gasteiger partial charge in [0.2, 0.25) is 0 Å². The molecule has 0 fully saturated rings. The molecule has 4 nitrogen and oxygen atoms in total. The zero-order valence-electron chi connectivity index (χ0n) is 12.8. The molecule has 0 bridgehead atoms. The van der Waals surface area contributed by atoms with Gasteiger partial charge in [0, 0.05) is 9.92 Å². The molecule has 0 unspecified atom stereocenters. The van der Waals surface area contributed by atoms with Gasteiger partial charge in [-0.3, -0.25) is 4.79 Å². The summed E-state index contributed by atoms with van der Waals surface area (Å²) >= 11 is 7.29. The van der Waals surface area contributed by atoms with Crippen molar-refractivity contribution in [2.45, 2.75) is 17.1 Å². The molecule has 0 radical (unpaired) electrons. The molecule has 120 valence electrons. The van der Waals surface area contributed by atoms with E-state index >= 15 is 0 Å². The summed E-state index contributed by atoms with van der Waals surface area (Å²) in [5.41, 5.74) is 3.42. The van der Waals surface area contributed by atoms with Gasteiger partial charge in [0.25, 0.3) is 5.91 Å². The average Bonchev–Trinajstić information content (AvgIpc) is 2.57. The van der Waals surface area contributed by atoms with E-state index in [4.69, 9.17) is 16.3 Å². The van der Waals surface area contributed by atoms with Crippen LogP contribution in [0.1, 0.15) is 12.5 Å². The molecule has 0 heterocycles. The number of hydrogen-bond acceptors (Lipinski definition) is 4. The molecule has 0 aliphatic heterocycles. The standard InChI is InChI=1S/C17H17ClN2O2S/c1-12(23-16-9-5-14(18)6-10-16)17(21)20-19-11-13-3-7-15(22-2)8-4-13/h3-12H,1-2H3,(H,20,21)/b19-11-/t12-/m0/s1. The number of hydrazone groups is 1.